The molecule has 130 valence electrons. The van der Waals surface area contributed by atoms with E-state index in [9.17, 15) is 13.5 Å². The molecule has 0 unspecified atom stereocenters. The van der Waals surface area contributed by atoms with Crippen LogP contribution in [0.3, 0.4) is 0 Å². The van der Waals surface area contributed by atoms with E-state index >= 15 is 0 Å². The minimum absolute atomic E-state index is 0.0197. The number of nitrogens with zero attached hydrogens (tertiary/aromatic N) is 1. The van der Waals surface area contributed by atoms with Gasteiger partial charge in [-0.05, 0) is 53.1 Å². The molecule has 24 heavy (non-hydrogen) atoms. The minimum Gasteiger partial charge on any atom is -0.496 e. The molecular weight excluding hydrogens is 346 g/mol. The van der Waals surface area contributed by atoms with E-state index in [0.29, 0.717) is 18.8 Å². The smallest absolute Gasteiger partial charge is 0.243 e. The van der Waals surface area contributed by atoms with Crippen molar-refractivity contribution in [3.8, 4) is 5.75 Å². The van der Waals surface area contributed by atoms with Crippen LogP contribution < -0.4 is 4.74 Å². The van der Waals surface area contributed by atoms with E-state index in [-0.39, 0.29) is 23.3 Å². The van der Waals surface area contributed by atoms with Crippen molar-refractivity contribution < 1.29 is 18.3 Å². The van der Waals surface area contributed by atoms with Crippen molar-refractivity contribution in [3.05, 3.63) is 46.2 Å². The van der Waals surface area contributed by atoms with Crippen molar-refractivity contribution in [1.29, 1.82) is 0 Å². The number of aliphatic hydroxyl groups excluding tert-OH is 1. The molecular formula is C17H21NO4S2. The number of methoxy groups -OCH3 is 1. The molecule has 1 saturated heterocycles. The molecule has 1 aromatic carbocycles. The third-order valence-corrected chi connectivity index (χ3v) is 7.15. The lowest BCUT2D eigenvalue weighted by Gasteiger charge is -2.17. The summed E-state index contributed by atoms with van der Waals surface area (Å²) in [7, 11) is -2.02. The van der Waals surface area contributed by atoms with E-state index in [1.807, 2.05) is 23.8 Å². The fourth-order valence-electron chi connectivity index (χ4n) is 3.24. The molecule has 7 heteroatoms. The van der Waals surface area contributed by atoms with Gasteiger partial charge >= 0.3 is 0 Å². The number of benzene rings is 1. The molecule has 2 aromatic rings. The van der Waals surface area contributed by atoms with E-state index in [0.717, 1.165) is 11.1 Å². The Morgan fingerprint density at radius 3 is 2.71 bits per heavy atom. The zero-order chi connectivity index (χ0) is 17.3. The second kappa shape index (κ2) is 6.84. The predicted molar refractivity (Wildman–Crippen MR) is 94.1 cm³/mol. The number of ether oxygens (including phenoxy) is 1. The van der Waals surface area contributed by atoms with E-state index < -0.39 is 10.0 Å². The maximum atomic E-state index is 13.0. The van der Waals surface area contributed by atoms with Gasteiger partial charge < -0.3 is 9.84 Å². The summed E-state index contributed by atoms with van der Waals surface area (Å²) in [5.74, 6) is 0.629. The van der Waals surface area contributed by atoms with Gasteiger partial charge in [0.1, 0.15) is 5.75 Å². The van der Waals surface area contributed by atoms with Gasteiger partial charge in [-0.15, -0.1) is 0 Å². The number of aryl methyl sites for hydroxylation is 1. The van der Waals surface area contributed by atoms with Crippen LogP contribution in [0.15, 0.2) is 39.9 Å². The van der Waals surface area contributed by atoms with Crippen molar-refractivity contribution in [2.75, 3.05) is 26.8 Å². The number of rotatable bonds is 5. The SMILES string of the molecule is COc1ccc(S(=O)(=O)N2C[C@H](CO)[C@@H](c3ccsc3)C2)cc1C. The Balaban J connectivity index is 1.89. The van der Waals surface area contributed by atoms with Gasteiger partial charge in [-0.25, -0.2) is 8.42 Å². The fraction of sp³-hybridized carbons (Fsp3) is 0.412. The van der Waals surface area contributed by atoms with Crippen LogP contribution in [0.1, 0.15) is 17.0 Å². The van der Waals surface area contributed by atoms with E-state index in [2.05, 4.69) is 0 Å². The summed E-state index contributed by atoms with van der Waals surface area (Å²) >= 11 is 1.59. The highest BCUT2D eigenvalue weighted by atomic mass is 32.2. The summed E-state index contributed by atoms with van der Waals surface area (Å²) in [5, 5.41) is 13.7. The number of hydrogen-bond donors (Lipinski definition) is 1. The number of thiophene rings is 1. The molecule has 0 amide bonds. The number of sulfonamides is 1. The van der Waals surface area contributed by atoms with Gasteiger partial charge in [-0.2, -0.15) is 15.6 Å². The molecule has 3 rings (SSSR count). The summed E-state index contributed by atoms with van der Waals surface area (Å²) in [5.41, 5.74) is 1.88. The van der Waals surface area contributed by atoms with Crippen LogP contribution in [0, 0.1) is 12.8 Å². The lowest BCUT2D eigenvalue weighted by Crippen LogP contribution is -2.29. The van der Waals surface area contributed by atoms with Crippen molar-refractivity contribution in [1.82, 2.24) is 4.31 Å². The van der Waals surface area contributed by atoms with Crippen LogP contribution in [0.25, 0.3) is 0 Å². The van der Waals surface area contributed by atoms with Crippen LogP contribution in [0.4, 0.5) is 0 Å². The van der Waals surface area contributed by atoms with E-state index in [1.54, 1.807) is 36.6 Å². The molecule has 5 nitrogen and oxygen atoms in total. The van der Waals surface area contributed by atoms with Gasteiger partial charge in [0.05, 0.1) is 12.0 Å². The first-order valence-electron chi connectivity index (χ1n) is 7.75. The highest BCUT2D eigenvalue weighted by molar-refractivity contribution is 7.89. The molecule has 0 saturated carbocycles. The zero-order valence-corrected chi connectivity index (χ0v) is 15.3. The van der Waals surface area contributed by atoms with Gasteiger partial charge in [0.15, 0.2) is 0 Å². The summed E-state index contributed by atoms with van der Waals surface area (Å²) < 4.78 is 32.6. The second-order valence-electron chi connectivity index (χ2n) is 6.06. The van der Waals surface area contributed by atoms with Crippen molar-refractivity contribution in [2.24, 2.45) is 5.92 Å². The molecule has 2 atom stereocenters. The molecule has 1 fully saturated rings. The highest BCUT2D eigenvalue weighted by Gasteiger charge is 2.39. The first kappa shape index (κ1) is 17.4. The Labute approximate surface area is 146 Å². The summed E-state index contributed by atoms with van der Waals surface area (Å²) in [4.78, 5) is 0.267. The Bertz CT molecular complexity index is 802. The molecule has 0 bridgehead atoms. The average Bonchev–Trinajstić information content (AvgIpc) is 3.23. The van der Waals surface area contributed by atoms with Gasteiger partial charge in [0, 0.05) is 31.5 Å². The molecule has 0 aliphatic carbocycles. The van der Waals surface area contributed by atoms with Crippen LogP contribution >= 0.6 is 11.3 Å². The van der Waals surface area contributed by atoms with Gasteiger partial charge in [0.25, 0.3) is 0 Å². The molecule has 1 aromatic heterocycles. The summed E-state index contributed by atoms with van der Waals surface area (Å²) in [6.07, 6.45) is 0. The number of aliphatic hydroxyl groups is 1. The first-order chi connectivity index (χ1) is 11.5. The van der Waals surface area contributed by atoms with E-state index in [1.165, 1.54) is 4.31 Å². The molecule has 1 aliphatic rings. The Morgan fingerprint density at radius 1 is 1.33 bits per heavy atom. The normalized spacial score (nSPS) is 22.0. The number of hydrogen-bond acceptors (Lipinski definition) is 5. The fourth-order valence-corrected chi connectivity index (χ4v) is 5.57. The minimum atomic E-state index is -3.58. The molecule has 0 radical (unpaired) electrons. The van der Waals surface area contributed by atoms with Crippen molar-refractivity contribution in [2.45, 2.75) is 17.7 Å². The van der Waals surface area contributed by atoms with Crippen LogP contribution in [0.2, 0.25) is 0 Å². The predicted octanol–water partition coefficient (Wildman–Crippen LogP) is 2.46. The standard InChI is InChI=1S/C17H21NO4S2/c1-12-7-15(3-4-17(12)22-2)24(20,21)18-8-14(10-19)16(9-18)13-5-6-23-11-13/h3-7,11,14,16,19H,8-10H2,1-2H3/t14-,16-/m1/s1. The molecule has 2 heterocycles. The van der Waals surface area contributed by atoms with Crippen molar-refractivity contribution in [3.63, 3.8) is 0 Å². The van der Waals surface area contributed by atoms with Gasteiger partial charge in [0.2, 0.25) is 10.0 Å². The average molecular weight is 367 g/mol. The van der Waals surface area contributed by atoms with Crippen LogP contribution in [-0.4, -0.2) is 44.6 Å². The highest BCUT2D eigenvalue weighted by Crippen LogP contribution is 2.36. The van der Waals surface area contributed by atoms with Crippen LogP contribution in [-0.2, 0) is 10.0 Å². The molecule has 0 spiro atoms. The Morgan fingerprint density at radius 2 is 2.12 bits per heavy atom. The van der Waals surface area contributed by atoms with E-state index in [4.69, 9.17) is 4.74 Å². The largest absolute Gasteiger partial charge is 0.496 e. The zero-order valence-electron chi connectivity index (χ0n) is 13.7. The van der Waals surface area contributed by atoms with Gasteiger partial charge in [-0.1, -0.05) is 0 Å². The summed E-state index contributed by atoms with van der Waals surface area (Å²) in [6.45, 7) is 2.54. The van der Waals surface area contributed by atoms with Crippen LogP contribution in [0.5, 0.6) is 5.75 Å². The molecule has 1 N–H and O–H groups in total. The Kier molecular flexibility index (Phi) is 4.96. The lowest BCUT2D eigenvalue weighted by atomic mass is 9.92. The van der Waals surface area contributed by atoms with Crippen molar-refractivity contribution >= 4 is 21.4 Å². The first-order valence-corrected chi connectivity index (χ1v) is 10.1. The topological polar surface area (TPSA) is 66.8 Å². The van der Waals surface area contributed by atoms with Gasteiger partial charge in [-0.3, -0.25) is 0 Å². The quantitative estimate of drug-likeness (QED) is 0.882. The maximum Gasteiger partial charge on any atom is 0.243 e. The monoisotopic (exact) mass is 367 g/mol. The second-order valence-corrected chi connectivity index (χ2v) is 8.78. The maximum absolute atomic E-state index is 13.0. The third kappa shape index (κ3) is 3.09. The Hall–Kier alpha value is -1.41. The third-order valence-electron chi connectivity index (χ3n) is 4.62. The summed E-state index contributed by atoms with van der Waals surface area (Å²) in [6, 6.07) is 6.90. The molecule has 1 aliphatic heterocycles. The lowest BCUT2D eigenvalue weighted by molar-refractivity contribution is 0.223.